The maximum absolute atomic E-state index is 13.5. The van der Waals surface area contributed by atoms with E-state index < -0.39 is 11.2 Å². The van der Waals surface area contributed by atoms with Crippen molar-refractivity contribution < 1.29 is 9.84 Å². The zero-order valence-electron chi connectivity index (χ0n) is 18.3. The van der Waals surface area contributed by atoms with Gasteiger partial charge in [0, 0.05) is 11.3 Å². The van der Waals surface area contributed by atoms with Crippen LogP contribution < -0.4 is 16.0 Å². The van der Waals surface area contributed by atoms with Gasteiger partial charge in [-0.1, -0.05) is 41.9 Å². The summed E-state index contributed by atoms with van der Waals surface area (Å²) in [6.45, 7) is 0. The SMILES string of the molecule is COc1cccc(-c2ccc(-n3c(Cl)cc4[nH]c(=O)n(-c5cccc(C#N)c5)c(=O)c43)cc2)c1O. The fourth-order valence-corrected chi connectivity index (χ4v) is 4.36. The minimum absolute atomic E-state index is 0.0206. The molecule has 0 saturated heterocycles. The van der Waals surface area contributed by atoms with Crippen LogP contribution in [-0.4, -0.2) is 26.3 Å². The van der Waals surface area contributed by atoms with Crippen molar-refractivity contribution in [3.63, 3.8) is 0 Å². The standard InChI is InChI=1S/C26H17ClN4O4/c1-35-21-7-3-6-19(24(21)32)16-8-10-17(11-9-16)30-22(27)13-20-23(30)25(33)31(26(34)29-20)18-5-2-4-15(12-18)14-28/h2-13,32H,1H3,(H,29,34). The Morgan fingerprint density at radius 3 is 2.43 bits per heavy atom. The van der Waals surface area contributed by atoms with Crippen molar-refractivity contribution in [2.24, 2.45) is 0 Å². The number of aromatic hydroxyl groups is 1. The molecule has 0 atom stereocenters. The monoisotopic (exact) mass is 484 g/mol. The summed E-state index contributed by atoms with van der Waals surface area (Å²) in [4.78, 5) is 28.9. The second-order valence-electron chi connectivity index (χ2n) is 7.70. The molecule has 0 aliphatic rings. The minimum Gasteiger partial charge on any atom is -0.504 e. The first kappa shape index (κ1) is 22.1. The summed E-state index contributed by atoms with van der Waals surface area (Å²) in [6, 6.07) is 22.0. The summed E-state index contributed by atoms with van der Waals surface area (Å²) in [5.74, 6) is 0.378. The normalized spacial score (nSPS) is 10.9. The van der Waals surface area contributed by atoms with E-state index in [2.05, 4.69) is 4.98 Å². The first-order valence-corrected chi connectivity index (χ1v) is 10.8. The molecule has 172 valence electrons. The number of aromatic amines is 1. The summed E-state index contributed by atoms with van der Waals surface area (Å²) in [5.41, 5.74) is 1.72. The molecule has 35 heavy (non-hydrogen) atoms. The third kappa shape index (κ3) is 3.64. The van der Waals surface area contributed by atoms with Gasteiger partial charge in [0.25, 0.3) is 5.56 Å². The van der Waals surface area contributed by atoms with Gasteiger partial charge in [0.1, 0.15) is 10.7 Å². The first-order chi connectivity index (χ1) is 16.9. The van der Waals surface area contributed by atoms with E-state index in [4.69, 9.17) is 16.3 Å². The molecule has 8 nitrogen and oxygen atoms in total. The van der Waals surface area contributed by atoms with Crippen LogP contribution >= 0.6 is 11.6 Å². The Hall–Kier alpha value is -4.74. The van der Waals surface area contributed by atoms with Gasteiger partial charge in [-0.25, -0.2) is 9.36 Å². The summed E-state index contributed by atoms with van der Waals surface area (Å²) < 4.78 is 7.69. The Kier molecular flexibility index (Phi) is 5.40. The smallest absolute Gasteiger partial charge is 0.333 e. The van der Waals surface area contributed by atoms with E-state index in [1.165, 1.54) is 23.8 Å². The number of hydrogen-bond donors (Lipinski definition) is 2. The molecule has 0 amide bonds. The van der Waals surface area contributed by atoms with Crippen LogP contribution in [0.5, 0.6) is 11.5 Å². The van der Waals surface area contributed by atoms with Gasteiger partial charge < -0.3 is 14.8 Å². The van der Waals surface area contributed by atoms with Gasteiger partial charge in [-0.15, -0.1) is 0 Å². The molecule has 2 aromatic heterocycles. The molecule has 0 bridgehead atoms. The van der Waals surface area contributed by atoms with Crippen molar-refractivity contribution in [2.45, 2.75) is 0 Å². The average Bonchev–Trinajstić information content (AvgIpc) is 3.20. The van der Waals surface area contributed by atoms with Crippen LogP contribution in [0.25, 0.3) is 33.5 Å². The number of phenolic OH excluding ortho intramolecular Hbond substituents is 1. The number of rotatable bonds is 4. The lowest BCUT2D eigenvalue weighted by molar-refractivity contribution is 0.374. The molecule has 0 aliphatic carbocycles. The molecule has 3 aromatic carbocycles. The molecular formula is C26H17ClN4O4. The van der Waals surface area contributed by atoms with Gasteiger partial charge in [0.15, 0.2) is 11.5 Å². The first-order valence-electron chi connectivity index (χ1n) is 10.5. The third-order valence-electron chi connectivity index (χ3n) is 5.70. The van der Waals surface area contributed by atoms with Crippen LogP contribution in [0, 0.1) is 11.3 Å². The molecule has 5 aromatic rings. The van der Waals surface area contributed by atoms with Gasteiger partial charge in [0.05, 0.1) is 29.9 Å². The quantitative estimate of drug-likeness (QED) is 0.393. The number of benzene rings is 3. The van der Waals surface area contributed by atoms with Crippen molar-refractivity contribution in [1.29, 1.82) is 5.26 Å². The molecule has 0 unspecified atom stereocenters. The number of hydrogen-bond acceptors (Lipinski definition) is 5. The highest BCUT2D eigenvalue weighted by molar-refractivity contribution is 6.31. The molecule has 0 fully saturated rings. The summed E-state index contributed by atoms with van der Waals surface area (Å²) >= 11 is 6.49. The van der Waals surface area contributed by atoms with Crippen molar-refractivity contribution in [3.05, 3.63) is 104 Å². The lowest BCUT2D eigenvalue weighted by Crippen LogP contribution is -2.34. The fourth-order valence-electron chi connectivity index (χ4n) is 4.07. The number of phenols is 1. The Balaban J connectivity index is 1.68. The van der Waals surface area contributed by atoms with Gasteiger partial charge in [-0.2, -0.15) is 5.26 Å². The highest BCUT2D eigenvalue weighted by atomic mass is 35.5. The van der Waals surface area contributed by atoms with E-state index >= 15 is 0 Å². The van der Waals surface area contributed by atoms with Crippen LogP contribution in [-0.2, 0) is 0 Å². The molecule has 2 N–H and O–H groups in total. The van der Waals surface area contributed by atoms with Crippen molar-refractivity contribution in [1.82, 2.24) is 14.1 Å². The van der Waals surface area contributed by atoms with E-state index in [1.54, 1.807) is 60.7 Å². The predicted octanol–water partition coefficient (Wildman–Crippen LogP) is 4.38. The van der Waals surface area contributed by atoms with Crippen molar-refractivity contribution in [3.8, 4) is 40.1 Å². The Labute approximate surface area is 203 Å². The zero-order chi connectivity index (χ0) is 24.7. The topological polar surface area (TPSA) is 113 Å². The average molecular weight is 485 g/mol. The van der Waals surface area contributed by atoms with Gasteiger partial charge in [-0.05, 0) is 48.0 Å². The maximum Gasteiger partial charge on any atom is 0.333 e. The lowest BCUT2D eigenvalue weighted by atomic mass is 10.0. The number of nitrogens with zero attached hydrogens (tertiary/aromatic N) is 3. The summed E-state index contributed by atoms with van der Waals surface area (Å²) in [7, 11) is 1.48. The summed E-state index contributed by atoms with van der Waals surface area (Å²) in [6.07, 6.45) is 0. The number of nitrogens with one attached hydrogen (secondary N) is 1. The number of H-pyrrole nitrogens is 1. The Bertz CT molecular complexity index is 1760. The van der Waals surface area contributed by atoms with Gasteiger partial charge in [-0.3, -0.25) is 9.36 Å². The Morgan fingerprint density at radius 1 is 0.971 bits per heavy atom. The van der Waals surface area contributed by atoms with Crippen LogP contribution in [0.1, 0.15) is 5.56 Å². The number of para-hydroxylation sites is 1. The minimum atomic E-state index is -0.643. The summed E-state index contributed by atoms with van der Waals surface area (Å²) in [5, 5.41) is 19.9. The molecule has 0 aliphatic heterocycles. The van der Waals surface area contributed by atoms with Gasteiger partial charge >= 0.3 is 5.69 Å². The van der Waals surface area contributed by atoms with Crippen molar-refractivity contribution >= 4 is 22.6 Å². The Morgan fingerprint density at radius 2 is 1.71 bits per heavy atom. The zero-order valence-corrected chi connectivity index (χ0v) is 19.1. The number of methoxy groups -OCH3 is 1. The second-order valence-corrected chi connectivity index (χ2v) is 8.09. The number of nitriles is 1. The highest BCUT2D eigenvalue weighted by Gasteiger charge is 2.18. The highest BCUT2D eigenvalue weighted by Crippen LogP contribution is 2.37. The number of aromatic nitrogens is 3. The lowest BCUT2D eigenvalue weighted by Gasteiger charge is -2.12. The van der Waals surface area contributed by atoms with Crippen LogP contribution in [0.4, 0.5) is 0 Å². The molecule has 0 spiro atoms. The molecule has 0 radical (unpaired) electrons. The molecular weight excluding hydrogens is 468 g/mol. The van der Waals surface area contributed by atoms with Crippen LogP contribution in [0.15, 0.2) is 82.4 Å². The largest absolute Gasteiger partial charge is 0.504 e. The fraction of sp³-hybridized carbons (Fsp3) is 0.0385. The van der Waals surface area contributed by atoms with Crippen LogP contribution in [0.3, 0.4) is 0 Å². The van der Waals surface area contributed by atoms with E-state index in [0.29, 0.717) is 22.6 Å². The van der Waals surface area contributed by atoms with Gasteiger partial charge in [0.2, 0.25) is 0 Å². The van der Waals surface area contributed by atoms with Crippen molar-refractivity contribution in [2.75, 3.05) is 7.11 Å². The van der Waals surface area contributed by atoms with E-state index in [9.17, 15) is 20.0 Å². The molecule has 2 heterocycles. The van der Waals surface area contributed by atoms with Crippen LogP contribution in [0.2, 0.25) is 5.15 Å². The maximum atomic E-state index is 13.5. The molecule has 9 heteroatoms. The number of halogens is 1. The third-order valence-corrected chi connectivity index (χ3v) is 5.97. The second kappa shape index (κ2) is 8.56. The molecule has 5 rings (SSSR count). The predicted molar refractivity (Wildman–Crippen MR) is 133 cm³/mol. The number of fused-ring (bicyclic) bond motifs is 1. The van der Waals surface area contributed by atoms with E-state index in [-0.39, 0.29) is 27.6 Å². The number of ether oxygens (including phenoxy) is 1. The molecule has 0 saturated carbocycles. The van der Waals surface area contributed by atoms with E-state index in [1.807, 2.05) is 6.07 Å². The van der Waals surface area contributed by atoms with E-state index in [0.717, 1.165) is 10.1 Å².